The lowest BCUT2D eigenvalue weighted by atomic mass is 10.1. The second-order valence-electron chi connectivity index (χ2n) is 4.21. The zero-order chi connectivity index (χ0) is 11.4. The number of hydrogen-bond acceptors (Lipinski definition) is 0. The topological polar surface area (TPSA) is 31.6 Å². The first-order valence-corrected chi connectivity index (χ1v) is 6.30. The average molecular weight is 285 g/mol. The number of aromatic amines is 2. The summed E-state index contributed by atoms with van der Waals surface area (Å²) in [4.78, 5) is 6.84. The lowest BCUT2D eigenvalue weighted by molar-refractivity contribution is 1.42. The van der Waals surface area contributed by atoms with E-state index < -0.39 is 0 Å². The highest BCUT2D eigenvalue weighted by molar-refractivity contribution is 9.10. The van der Waals surface area contributed by atoms with E-state index in [0.29, 0.717) is 0 Å². The van der Waals surface area contributed by atoms with Crippen LogP contribution in [0.25, 0.3) is 32.8 Å². The molecule has 0 unspecified atom stereocenters. The monoisotopic (exact) mass is 284 g/mol. The van der Waals surface area contributed by atoms with Gasteiger partial charge in [0.2, 0.25) is 0 Å². The van der Waals surface area contributed by atoms with Crippen LogP contribution >= 0.6 is 15.9 Å². The Morgan fingerprint density at radius 2 is 1.53 bits per heavy atom. The first-order valence-electron chi connectivity index (χ1n) is 5.51. The normalized spacial score (nSPS) is 11.8. The molecule has 4 aromatic rings. The van der Waals surface area contributed by atoms with E-state index in [-0.39, 0.29) is 0 Å². The molecule has 0 saturated heterocycles. The van der Waals surface area contributed by atoms with Crippen molar-refractivity contribution in [3.8, 4) is 0 Å². The molecule has 0 fully saturated rings. The Morgan fingerprint density at radius 3 is 2.47 bits per heavy atom. The molecule has 0 amide bonds. The highest BCUT2D eigenvalue weighted by Crippen LogP contribution is 2.35. The maximum absolute atomic E-state index is 3.63. The summed E-state index contributed by atoms with van der Waals surface area (Å²) in [5.74, 6) is 0. The summed E-state index contributed by atoms with van der Waals surface area (Å²) in [5.41, 5.74) is 3.42. The van der Waals surface area contributed by atoms with E-state index in [1.165, 1.54) is 21.7 Å². The summed E-state index contributed by atoms with van der Waals surface area (Å²) < 4.78 is 1.13. The molecule has 0 atom stereocenters. The van der Waals surface area contributed by atoms with Gasteiger partial charge in [-0.15, -0.1) is 0 Å². The standard InChI is InChI=1S/C14H9BrN2/c15-9-5-3-7-11-13(9)12-8-4-1-2-6-10(8)16-14(12)17-11/h1-7,16-17H. The summed E-state index contributed by atoms with van der Waals surface area (Å²) >= 11 is 3.63. The predicted octanol–water partition coefficient (Wildman–Crippen LogP) is 4.56. The van der Waals surface area contributed by atoms with Gasteiger partial charge >= 0.3 is 0 Å². The molecular formula is C14H9BrN2. The molecular weight excluding hydrogens is 276 g/mol. The molecule has 2 aromatic carbocycles. The van der Waals surface area contributed by atoms with Crippen molar-refractivity contribution in [2.45, 2.75) is 0 Å². The first-order chi connectivity index (χ1) is 8.34. The molecule has 3 heteroatoms. The predicted molar refractivity (Wildman–Crippen MR) is 75.4 cm³/mol. The second-order valence-corrected chi connectivity index (χ2v) is 5.06. The fraction of sp³-hybridized carbons (Fsp3) is 0. The van der Waals surface area contributed by atoms with Crippen LogP contribution in [0.1, 0.15) is 0 Å². The van der Waals surface area contributed by atoms with Crippen molar-refractivity contribution >= 4 is 48.8 Å². The van der Waals surface area contributed by atoms with Gasteiger partial charge < -0.3 is 9.97 Å². The quantitative estimate of drug-likeness (QED) is 0.474. The summed E-state index contributed by atoms with van der Waals surface area (Å²) in [7, 11) is 0. The molecule has 2 aromatic heterocycles. The van der Waals surface area contributed by atoms with Gasteiger partial charge in [0.05, 0.1) is 0 Å². The minimum atomic E-state index is 1.09. The Kier molecular flexibility index (Phi) is 1.72. The van der Waals surface area contributed by atoms with E-state index >= 15 is 0 Å². The van der Waals surface area contributed by atoms with Gasteiger partial charge in [-0.25, -0.2) is 0 Å². The van der Waals surface area contributed by atoms with E-state index in [4.69, 9.17) is 0 Å². The summed E-state index contributed by atoms with van der Waals surface area (Å²) in [6, 6.07) is 14.6. The Balaban J connectivity index is 2.39. The number of benzene rings is 2. The van der Waals surface area contributed by atoms with Gasteiger partial charge in [0.25, 0.3) is 0 Å². The van der Waals surface area contributed by atoms with Gasteiger partial charge in [-0.2, -0.15) is 0 Å². The Bertz CT molecular complexity index is 854. The summed E-state index contributed by atoms with van der Waals surface area (Å²) in [5, 5.41) is 3.78. The SMILES string of the molecule is Brc1cccc2[nH]c3[nH]c4ccccc4c3c12. The number of nitrogens with one attached hydrogen (secondary N) is 2. The van der Waals surface area contributed by atoms with Gasteiger partial charge in [-0.3, -0.25) is 0 Å². The lowest BCUT2D eigenvalue weighted by Gasteiger charge is -1.95. The molecule has 0 aliphatic rings. The number of rotatable bonds is 0. The molecule has 2 nitrogen and oxygen atoms in total. The van der Waals surface area contributed by atoms with Gasteiger partial charge in [0.1, 0.15) is 5.65 Å². The van der Waals surface area contributed by atoms with E-state index in [2.05, 4.69) is 62.3 Å². The zero-order valence-corrected chi connectivity index (χ0v) is 10.5. The maximum Gasteiger partial charge on any atom is 0.116 e. The van der Waals surface area contributed by atoms with Crippen LogP contribution in [-0.4, -0.2) is 9.97 Å². The number of aromatic nitrogens is 2. The second kappa shape index (κ2) is 3.14. The van der Waals surface area contributed by atoms with Crippen LogP contribution < -0.4 is 0 Å². The lowest BCUT2D eigenvalue weighted by Crippen LogP contribution is -1.71. The highest BCUT2D eigenvalue weighted by Gasteiger charge is 2.12. The number of halogens is 1. The molecule has 0 aliphatic carbocycles. The summed E-state index contributed by atoms with van der Waals surface area (Å²) in [6.07, 6.45) is 0. The molecule has 82 valence electrons. The third-order valence-corrected chi connectivity index (χ3v) is 3.89. The highest BCUT2D eigenvalue weighted by atomic mass is 79.9. The molecule has 17 heavy (non-hydrogen) atoms. The molecule has 0 spiro atoms. The Morgan fingerprint density at radius 1 is 0.765 bits per heavy atom. The van der Waals surface area contributed by atoms with Crippen molar-refractivity contribution in [1.29, 1.82) is 0 Å². The molecule has 0 saturated carbocycles. The van der Waals surface area contributed by atoms with Crippen LogP contribution in [0.3, 0.4) is 0 Å². The van der Waals surface area contributed by atoms with E-state index in [1.807, 2.05) is 6.07 Å². The summed E-state index contributed by atoms with van der Waals surface area (Å²) in [6.45, 7) is 0. The van der Waals surface area contributed by atoms with Crippen LogP contribution in [0.4, 0.5) is 0 Å². The largest absolute Gasteiger partial charge is 0.341 e. The molecule has 0 bridgehead atoms. The van der Waals surface area contributed by atoms with Gasteiger partial charge in [0, 0.05) is 31.7 Å². The average Bonchev–Trinajstić information content (AvgIpc) is 2.84. The Labute approximate surface area is 106 Å². The van der Waals surface area contributed by atoms with Crippen molar-refractivity contribution in [3.63, 3.8) is 0 Å². The van der Waals surface area contributed by atoms with Crippen molar-refractivity contribution < 1.29 is 0 Å². The molecule has 0 aliphatic heterocycles. The van der Waals surface area contributed by atoms with Crippen molar-refractivity contribution in [2.75, 3.05) is 0 Å². The third-order valence-electron chi connectivity index (χ3n) is 3.23. The smallest absolute Gasteiger partial charge is 0.116 e. The van der Waals surface area contributed by atoms with Gasteiger partial charge in [-0.1, -0.05) is 40.2 Å². The first kappa shape index (κ1) is 9.31. The van der Waals surface area contributed by atoms with Crippen molar-refractivity contribution in [1.82, 2.24) is 9.97 Å². The van der Waals surface area contributed by atoms with E-state index in [9.17, 15) is 0 Å². The van der Waals surface area contributed by atoms with Crippen LogP contribution in [0, 0.1) is 0 Å². The van der Waals surface area contributed by atoms with Gasteiger partial charge in [0.15, 0.2) is 0 Å². The number of hydrogen-bond donors (Lipinski definition) is 2. The minimum Gasteiger partial charge on any atom is -0.341 e. The molecule has 2 N–H and O–H groups in total. The Hall–Kier alpha value is -1.74. The fourth-order valence-electron chi connectivity index (χ4n) is 2.51. The molecule has 0 radical (unpaired) electrons. The van der Waals surface area contributed by atoms with Crippen molar-refractivity contribution in [3.05, 3.63) is 46.9 Å². The fourth-order valence-corrected chi connectivity index (χ4v) is 3.08. The van der Waals surface area contributed by atoms with E-state index in [1.54, 1.807) is 0 Å². The number of para-hydroxylation sites is 1. The van der Waals surface area contributed by atoms with Gasteiger partial charge in [-0.05, 0) is 18.2 Å². The molecule has 2 heterocycles. The number of H-pyrrole nitrogens is 2. The van der Waals surface area contributed by atoms with Crippen LogP contribution in [0.2, 0.25) is 0 Å². The number of fused-ring (bicyclic) bond motifs is 5. The third kappa shape index (κ3) is 1.15. The van der Waals surface area contributed by atoms with Crippen LogP contribution in [-0.2, 0) is 0 Å². The van der Waals surface area contributed by atoms with Crippen LogP contribution in [0.15, 0.2) is 46.9 Å². The maximum atomic E-state index is 3.63. The molecule has 4 rings (SSSR count). The van der Waals surface area contributed by atoms with Crippen molar-refractivity contribution in [2.24, 2.45) is 0 Å². The minimum absolute atomic E-state index is 1.09. The van der Waals surface area contributed by atoms with Crippen LogP contribution in [0.5, 0.6) is 0 Å². The zero-order valence-electron chi connectivity index (χ0n) is 8.92. The van der Waals surface area contributed by atoms with E-state index in [0.717, 1.165) is 15.6 Å².